The maximum atomic E-state index is 10.1. The number of hydrogen-bond acceptors (Lipinski definition) is 5. The minimum atomic E-state index is 0.140. The molecule has 0 spiro atoms. The molecule has 1 fully saturated rings. The summed E-state index contributed by atoms with van der Waals surface area (Å²) in [5.41, 5.74) is 0.682. The Morgan fingerprint density at radius 2 is 2.00 bits per heavy atom. The van der Waals surface area contributed by atoms with Crippen LogP contribution in [0.1, 0.15) is 5.56 Å². The summed E-state index contributed by atoms with van der Waals surface area (Å²) in [6, 6.07) is 1.54. The third-order valence-corrected chi connectivity index (χ3v) is 3.68. The van der Waals surface area contributed by atoms with E-state index >= 15 is 0 Å². The highest BCUT2D eigenvalue weighted by Crippen LogP contribution is 2.42. The van der Waals surface area contributed by atoms with Crippen LogP contribution < -0.4 is 14.8 Å². The molecule has 0 bridgehead atoms. The van der Waals surface area contributed by atoms with E-state index in [1.165, 1.54) is 14.2 Å². The fourth-order valence-electron chi connectivity index (χ4n) is 2.22. The number of halogens is 1. The van der Waals surface area contributed by atoms with Crippen LogP contribution in [0.3, 0.4) is 0 Å². The number of methoxy groups -OCH3 is 2. The zero-order valence-electron chi connectivity index (χ0n) is 11.2. The normalized spacial score (nSPS) is 16.4. The molecular weight excluding hydrogens is 268 g/mol. The lowest BCUT2D eigenvalue weighted by molar-refractivity contribution is 0.230. The highest BCUT2D eigenvalue weighted by atomic mass is 35.5. The van der Waals surface area contributed by atoms with E-state index in [9.17, 15) is 5.11 Å². The van der Waals surface area contributed by atoms with Gasteiger partial charge in [-0.2, -0.15) is 0 Å². The van der Waals surface area contributed by atoms with Crippen molar-refractivity contribution in [2.75, 3.05) is 40.4 Å². The largest absolute Gasteiger partial charge is 0.507 e. The molecule has 5 nitrogen and oxygen atoms in total. The van der Waals surface area contributed by atoms with E-state index in [2.05, 4.69) is 10.2 Å². The lowest BCUT2D eigenvalue weighted by Gasteiger charge is -2.28. The van der Waals surface area contributed by atoms with E-state index in [-0.39, 0.29) is 5.75 Å². The number of ether oxygens (including phenoxy) is 2. The highest BCUT2D eigenvalue weighted by Gasteiger charge is 2.20. The summed E-state index contributed by atoms with van der Waals surface area (Å²) in [6.07, 6.45) is 0. The molecule has 6 heteroatoms. The van der Waals surface area contributed by atoms with Gasteiger partial charge in [-0.25, -0.2) is 0 Å². The third kappa shape index (κ3) is 3.05. The van der Waals surface area contributed by atoms with Gasteiger partial charge in [-0.3, -0.25) is 4.90 Å². The summed E-state index contributed by atoms with van der Waals surface area (Å²) in [4.78, 5) is 2.24. The van der Waals surface area contributed by atoms with Crippen LogP contribution in [-0.4, -0.2) is 50.4 Å². The van der Waals surface area contributed by atoms with Crippen molar-refractivity contribution < 1.29 is 14.6 Å². The second kappa shape index (κ2) is 6.32. The van der Waals surface area contributed by atoms with Gasteiger partial charge in [0.25, 0.3) is 0 Å². The molecule has 1 aliphatic rings. The molecule has 19 heavy (non-hydrogen) atoms. The Balaban J connectivity index is 2.28. The molecule has 1 saturated heterocycles. The molecule has 0 saturated carbocycles. The van der Waals surface area contributed by atoms with Crippen LogP contribution in [-0.2, 0) is 6.54 Å². The molecule has 2 rings (SSSR count). The van der Waals surface area contributed by atoms with Crippen LogP contribution in [0.5, 0.6) is 17.2 Å². The summed E-state index contributed by atoms with van der Waals surface area (Å²) in [5, 5.41) is 13.8. The first-order valence-electron chi connectivity index (χ1n) is 6.22. The summed E-state index contributed by atoms with van der Waals surface area (Å²) >= 11 is 6.31. The average Bonchev–Trinajstić information content (AvgIpc) is 2.44. The summed E-state index contributed by atoms with van der Waals surface area (Å²) < 4.78 is 10.4. The van der Waals surface area contributed by atoms with E-state index in [0.717, 1.165) is 26.2 Å². The molecular formula is C13H19ClN2O3. The van der Waals surface area contributed by atoms with Gasteiger partial charge in [0, 0.05) is 44.4 Å². The molecule has 106 valence electrons. The summed E-state index contributed by atoms with van der Waals surface area (Å²) in [7, 11) is 3.05. The molecule has 0 aromatic heterocycles. The Labute approximate surface area is 118 Å². The van der Waals surface area contributed by atoms with Gasteiger partial charge in [0.1, 0.15) is 5.75 Å². The highest BCUT2D eigenvalue weighted by molar-refractivity contribution is 6.33. The molecule has 1 heterocycles. The fourth-order valence-corrected chi connectivity index (χ4v) is 2.55. The van der Waals surface area contributed by atoms with E-state index in [1.54, 1.807) is 6.07 Å². The average molecular weight is 287 g/mol. The fraction of sp³-hybridized carbons (Fsp3) is 0.538. The van der Waals surface area contributed by atoms with Crippen molar-refractivity contribution in [2.24, 2.45) is 0 Å². The number of phenolic OH excluding ortho intramolecular Hbond substituents is 1. The Morgan fingerprint density at radius 1 is 1.32 bits per heavy atom. The molecule has 0 unspecified atom stereocenters. The number of piperazine rings is 1. The standard InChI is InChI=1S/C13H19ClN2O3/c1-18-11-7-10(17)9(12(14)13(11)19-2)8-16-5-3-15-4-6-16/h7,15,17H,3-6,8H2,1-2H3. The van der Waals surface area contributed by atoms with Crippen molar-refractivity contribution in [3.63, 3.8) is 0 Å². The predicted octanol–water partition coefficient (Wildman–Crippen LogP) is 1.47. The number of phenols is 1. The maximum Gasteiger partial charge on any atom is 0.179 e. The molecule has 0 atom stereocenters. The molecule has 0 aliphatic carbocycles. The van der Waals surface area contributed by atoms with Gasteiger partial charge >= 0.3 is 0 Å². The first-order valence-corrected chi connectivity index (χ1v) is 6.60. The number of nitrogens with one attached hydrogen (secondary N) is 1. The van der Waals surface area contributed by atoms with Gasteiger partial charge in [0.15, 0.2) is 11.5 Å². The second-order valence-corrected chi connectivity index (χ2v) is 4.83. The molecule has 0 radical (unpaired) electrons. The van der Waals surface area contributed by atoms with Crippen LogP contribution in [0.2, 0.25) is 5.02 Å². The number of hydrogen-bond donors (Lipinski definition) is 2. The molecule has 1 aliphatic heterocycles. The second-order valence-electron chi connectivity index (χ2n) is 4.45. The van der Waals surface area contributed by atoms with Crippen LogP contribution in [0.15, 0.2) is 6.07 Å². The van der Waals surface area contributed by atoms with Gasteiger partial charge in [-0.15, -0.1) is 0 Å². The Morgan fingerprint density at radius 3 is 2.58 bits per heavy atom. The van der Waals surface area contributed by atoms with Crippen molar-refractivity contribution >= 4 is 11.6 Å². The van der Waals surface area contributed by atoms with Crippen molar-refractivity contribution in [3.05, 3.63) is 16.7 Å². The maximum absolute atomic E-state index is 10.1. The predicted molar refractivity (Wildman–Crippen MR) is 74.4 cm³/mol. The summed E-state index contributed by atoms with van der Waals surface area (Å²) in [6.45, 7) is 4.37. The SMILES string of the molecule is COc1cc(O)c(CN2CCNCC2)c(Cl)c1OC. The quantitative estimate of drug-likeness (QED) is 0.878. The molecule has 2 N–H and O–H groups in total. The van der Waals surface area contributed by atoms with Crippen LogP contribution in [0.25, 0.3) is 0 Å². The zero-order chi connectivity index (χ0) is 13.8. The van der Waals surface area contributed by atoms with E-state index in [0.29, 0.717) is 28.6 Å². The molecule has 1 aromatic carbocycles. The zero-order valence-corrected chi connectivity index (χ0v) is 12.0. The first-order chi connectivity index (χ1) is 9.17. The number of rotatable bonds is 4. The van der Waals surface area contributed by atoms with Crippen molar-refractivity contribution in [3.8, 4) is 17.2 Å². The van der Waals surface area contributed by atoms with E-state index < -0.39 is 0 Å². The first kappa shape index (κ1) is 14.2. The van der Waals surface area contributed by atoms with Crippen molar-refractivity contribution in [2.45, 2.75) is 6.54 Å². The minimum Gasteiger partial charge on any atom is -0.507 e. The third-order valence-electron chi connectivity index (χ3n) is 3.28. The molecule has 1 aromatic rings. The monoisotopic (exact) mass is 286 g/mol. The lowest BCUT2D eigenvalue weighted by Crippen LogP contribution is -2.42. The van der Waals surface area contributed by atoms with Crippen molar-refractivity contribution in [1.29, 1.82) is 0 Å². The van der Waals surface area contributed by atoms with Gasteiger partial charge in [0.2, 0.25) is 0 Å². The Hall–Kier alpha value is -1.17. The van der Waals surface area contributed by atoms with Gasteiger partial charge in [-0.05, 0) is 0 Å². The van der Waals surface area contributed by atoms with E-state index in [1.807, 2.05) is 0 Å². The summed E-state index contributed by atoms with van der Waals surface area (Å²) in [5.74, 6) is 1.04. The topological polar surface area (TPSA) is 54.0 Å². The Kier molecular flexibility index (Phi) is 4.74. The van der Waals surface area contributed by atoms with Crippen LogP contribution in [0, 0.1) is 0 Å². The van der Waals surface area contributed by atoms with Gasteiger partial charge < -0.3 is 19.9 Å². The van der Waals surface area contributed by atoms with Crippen LogP contribution >= 0.6 is 11.6 Å². The number of nitrogens with zero attached hydrogens (tertiary/aromatic N) is 1. The number of benzene rings is 1. The Bertz CT molecular complexity index is 448. The lowest BCUT2D eigenvalue weighted by atomic mass is 10.1. The van der Waals surface area contributed by atoms with Gasteiger partial charge in [-0.1, -0.05) is 11.6 Å². The van der Waals surface area contributed by atoms with Gasteiger partial charge in [0.05, 0.1) is 19.2 Å². The van der Waals surface area contributed by atoms with E-state index in [4.69, 9.17) is 21.1 Å². The van der Waals surface area contributed by atoms with Crippen LogP contribution in [0.4, 0.5) is 0 Å². The number of aromatic hydroxyl groups is 1. The smallest absolute Gasteiger partial charge is 0.179 e. The minimum absolute atomic E-state index is 0.140. The van der Waals surface area contributed by atoms with Crippen molar-refractivity contribution in [1.82, 2.24) is 10.2 Å². The molecule has 0 amide bonds.